The molecule has 1 aliphatic rings. The summed E-state index contributed by atoms with van der Waals surface area (Å²) in [5.74, 6) is 0.489. The molecule has 2 unspecified atom stereocenters. The summed E-state index contributed by atoms with van der Waals surface area (Å²) < 4.78 is 2.25. The maximum absolute atomic E-state index is 13.1. The second-order valence-electron chi connectivity index (χ2n) is 9.74. The Morgan fingerprint density at radius 1 is 1.05 bits per heavy atom. The molecule has 1 aromatic heterocycles. The second kappa shape index (κ2) is 11.0. The van der Waals surface area contributed by atoms with Gasteiger partial charge in [0.15, 0.2) is 5.78 Å². The first-order valence-electron chi connectivity index (χ1n) is 13.0. The molecule has 1 aliphatic carbocycles. The highest BCUT2D eigenvalue weighted by molar-refractivity contribution is 6.15. The number of aryl methyl sites for hydroxylation is 1. The average molecular weight is 505 g/mol. The molecule has 0 saturated heterocycles. The van der Waals surface area contributed by atoms with E-state index in [0.717, 1.165) is 45.9 Å². The number of hydrogen-bond donors (Lipinski definition) is 1. The summed E-state index contributed by atoms with van der Waals surface area (Å²) in [4.78, 5) is 18.5. The fourth-order valence-corrected chi connectivity index (χ4v) is 4.99. The molecule has 2 atom stereocenters. The van der Waals surface area contributed by atoms with Crippen molar-refractivity contribution in [1.29, 1.82) is 0 Å². The predicted octanol–water partition coefficient (Wildman–Crippen LogP) is 7.18. The van der Waals surface area contributed by atoms with Gasteiger partial charge in [0.1, 0.15) is 0 Å². The van der Waals surface area contributed by atoms with E-state index in [9.17, 15) is 9.90 Å². The van der Waals surface area contributed by atoms with Crippen molar-refractivity contribution in [2.45, 2.75) is 40.0 Å². The average Bonchev–Trinajstić information content (AvgIpc) is 3.27. The van der Waals surface area contributed by atoms with Crippen molar-refractivity contribution >= 4 is 33.3 Å². The lowest BCUT2D eigenvalue weighted by Crippen LogP contribution is -2.07. The third-order valence-corrected chi connectivity index (χ3v) is 6.98. The minimum Gasteiger partial charge on any atom is -0.359 e. The summed E-state index contributed by atoms with van der Waals surface area (Å²) in [5.41, 5.74) is 6.19. The van der Waals surface area contributed by atoms with E-state index in [-0.39, 0.29) is 5.78 Å². The molecule has 38 heavy (non-hydrogen) atoms. The standard InChI is InChI=1S/C33H32N2O3/c1-4-35-30-16-14-26(23(3)34-38-32(36)18-13-24-10-8-9-22(2)19-24)20-28(30)29-21-27(15-17-31(29)35)33(37)25-11-6-5-7-12-25/h5-18,20-22,32,36H,4,19H2,1-3H3/b18-13+,34-23+. The highest BCUT2D eigenvalue weighted by Crippen LogP contribution is 2.31. The zero-order valence-corrected chi connectivity index (χ0v) is 22.0. The Bertz CT molecular complexity index is 1610. The van der Waals surface area contributed by atoms with Gasteiger partial charge in [-0.25, -0.2) is 0 Å². The van der Waals surface area contributed by atoms with Crippen LogP contribution in [0.5, 0.6) is 0 Å². The molecule has 0 fully saturated rings. The van der Waals surface area contributed by atoms with Gasteiger partial charge in [-0.15, -0.1) is 0 Å². The normalized spacial score (nSPS) is 16.8. The van der Waals surface area contributed by atoms with Crippen LogP contribution < -0.4 is 0 Å². The van der Waals surface area contributed by atoms with Crippen molar-refractivity contribution in [2.75, 3.05) is 0 Å². The molecule has 0 saturated carbocycles. The van der Waals surface area contributed by atoms with Crippen molar-refractivity contribution in [3.8, 4) is 0 Å². The number of rotatable bonds is 8. The smallest absolute Gasteiger partial charge is 0.244 e. The number of aromatic nitrogens is 1. The molecule has 0 bridgehead atoms. The highest BCUT2D eigenvalue weighted by atomic mass is 16.7. The zero-order chi connectivity index (χ0) is 26.6. The third-order valence-electron chi connectivity index (χ3n) is 6.98. The van der Waals surface area contributed by atoms with E-state index < -0.39 is 6.29 Å². The lowest BCUT2D eigenvalue weighted by molar-refractivity contribution is -0.0623. The van der Waals surface area contributed by atoms with Crippen molar-refractivity contribution in [1.82, 2.24) is 4.57 Å². The van der Waals surface area contributed by atoms with Crippen LogP contribution in [0.2, 0.25) is 0 Å². The summed E-state index contributed by atoms with van der Waals surface area (Å²) in [7, 11) is 0. The first kappa shape index (κ1) is 25.4. The Morgan fingerprint density at radius 2 is 1.74 bits per heavy atom. The molecular weight excluding hydrogens is 472 g/mol. The van der Waals surface area contributed by atoms with Crippen molar-refractivity contribution < 1.29 is 14.7 Å². The topological polar surface area (TPSA) is 63.8 Å². The maximum atomic E-state index is 13.1. The number of nitrogens with zero attached hydrogens (tertiary/aromatic N) is 2. The number of aliphatic hydroxyl groups excluding tert-OH is 1. The third kappa shape index (κ3) is 5.24. The van der Waals surface area contributed by atoms with Crippen LogP contribution in [-0.2, 0) is 11.4 Å². The van der Waals surface area contributed by atoms with Gasteiger partial charge in [-0.3, -0.25) is 4.79 Å². The summed E-state index contributed by atoms with van der Waals surface area (Å²) in [6.45, 7) is 6.95. The fraction of sp³-hybridized carbons (Fsp3) is 0.212. The SMILES string of the molecule is CCn1c2ccc(C(=O)c3ccccc3)cc2c2cc(/C(C)=N/OC(O)/C=C/C3=CC=CC(C)C3)ccc21. The van der Waals surface area contributed by atoms with Gasteiger partial charge in [0.25, 0.3) is 0 Å². The monoisotopic (exact) mass is 504 g/mol. The van der Waals surface area contributed by atoms with Crippen LogP contribution in [-0.4, -0.2) is 27.5 Å². The minimum absolute atomic E-state index is 0.00343. The molecule has 3 aromatic carbocycles. The van der Waals surface area contributed by atoms with E-state index in [0.29, 0.717) is 22.8 Å². The Hall–Kier alpha value is -4.22. The van der Waals surface area contributed by atoms with Crippen LogP contribution >= 0.6 is 0 Å². The number of carbonyl (C=O) groups excluding carboxylic acids is 1. The number of hydrogen-bond acceptors (Lipinski definition) is 4. The molecule has 5 heteroatoms. The number of benzene rings is 3. The highest BCUT2D eigenvalue weighted by Gasteiger charge is 2.15. The van der Waals surface area contributed by atoms with Crippen LogP contribution in [0.25, 0.3) is 21.8 Å². The molecule has 1 heterocycles. The molecule has 5 rings (SSSR count). The number of ketones is 1. The summed E-state index contributed by atoms with van der Waals surface area (Å²) >= 11 is 0. The van der Waals surface area contributed by atoms with Gasteiger partial charge in [-0.2, -0.15) is 0 Å². The van der Waals surface area contributed by atoms with Gasteiger partial charge in [-0.05, 0) is 73.7 Å². The van der Waals surface area contributed by atoms with Crippen molar-refractivity contribution in [2.24, 2.45) is 11.1 Å². The quantitative estimate of drug-likeness (QED) is 0.120. The van der Waals surface area contributed by atoms with E-state index in [1.165, 1.54) is 0 Å². The van der Waals surface area contributed by atoms with Gasteiger partial charge >= 0.3 is 0 Å². The summed E-state index contributed by atoms with van der Waals surface area (Å²) in [6, 6.07) is 21.4. The second-order valence-corrected chi connectivity index (χ2v) is 9.74. The molecule has 1 N–H and O–H groups in total. The van der Waals surface area contributed by atoms with Crippen molar-refractivity contribution in [3.63, 3.8) is 0 Å². The Morgan fingerprint density at radius 3 is 2.42 bits per heavy atom. The Kier molecular flexibility index (Phi) is 7.38. The number of allylic oxidation sites excluding steroid dienone is 5. The molecule has 0 aliphatic heterocycles. The molecule has 5 nitrogen and oxygen atoms in total. The van der Waals surface area contributed by atoms with Crippen LogP contribution in [0.15, 0.2) is 108 Å². The Labute approximate surface area is 223 Å². The fourth-order valence-electron chi connectivity index (χ4n) is 4.99. The number of carbonyl (C=O) groups is 1. The molecule has 192 valence electrons. The Balaban J connectivity index is 1.43. The number of fused-ring (bicyclic) bond motifs is 3. The van der Waals surface area contributed by atoms with Gasteiger partial charge < -0.3 is 14.5 Å². The first-order chi connectivity index (χ1) is 18.4. The van der Waals surface area contributed by atoms with Gasteiger partial charge in [0.2, 0.25) is 6.29 Å². The first-order valence-corrected chi connectivity index (χ1v) is 13.0. The lowest BCUT2D eigenvalue weighted by atomic mass is 9.96. The largest absolute Gasteiger partial charge is 0.359 e. The van der Waals surface area contributed by atoms with E-state index in [2.05, 4.69) is 41.8 Å². The predicted molar refractivity (Wildman–Crippen MR) is 154 cm³/mol. The molecule has 0 spiro atoms. The van der Waals surface area contributed by atoms with E-state index in [1.54, 1.807) is 6.08 Å². The van der Waals surface area contributed by atoms with E-state index >= 15 is 0 Å². The van der Waals surface area contributed by atoms with Gasteiger partial charge in [0.05, 0.1) is 5.71 Å². The molecule has 4 aromatic rings. The van der Waals surface area contributed by atoms with Crippen LogP contribution in [0, 0.1) is 5.92 Å². The van der Waals surface area contributed by atoms with E-state index in [4.69, 9.17) is 4.84 Å². The van der Waals surface area contributed by atoms with Crippen LogP contribution in [0.3, 0.4) is 0 Å². The van der Waals surface area contributed by atoms with E-state index in [1.807, 2.05) is 79.7 Å². The van der Waals surface area contributed by atoms with Crippen LogP contribution in [0.1, 0.15) is 48.7 Å². The number of oxime groups is 1. The maximum Gasteiger partial charge on any atom is 0.244 e. The van der Waals surface area contributed by atoms with Crippen LogP contribution in [0.4, 0.5) is 0 Å². The zero-order valence-electron chi connectivity index (χ0n) is 22.0. The minimum atomic E-state index is -1.13. The summed E-state index contributed by atoms with van der Waals surface area (Å²) in [6.07, 6.45) is 9.53. The van der Waals surface area contributed by atoms with Gasteiger partial charge in [-0.1, -0.05) is 72.8 Å². The molecular formula is C33H32N2O3. The van der Waals surface area contributed by atoms with Gasteiger partial charge in [0, 0.05) is 39.5 Å². The molecule has 0 radical (unpaired) electrons. The lowest BCUT2D eigenvalue weighted by Gasteiger charge is -2.11. The van der Waals surface area contributed by atoms with Crippen molar-refractivity contribution in [3.05, 3.63) is 119 Å². The number of aliphatic hydroxyl groups is 1. The summed E-state index contributed by atoms with van der Waals surface area (Å²) in [5, 5.41) is 16.5. The molecule has 0 amide bonds.